The summed E-state index contributed by atoms with van der Waals surface area (Å²) in [6.07, 6.45) is 7.45. The lowest BCUT2D eigenvalue weighted by Gasteiger charge is -2.07. The van der Waals surface area contributed by atoms with E-state index in [0.29, 0.717) is 6.54 Å². The van der Waals surface area contributed by atoms with Gasteiger partial charge in [0.15, 0.2) is 5.65 Å². The number of benzene rings is 1. The largest absolute Gasteiger partial charge is 0.264 e. The molecule has 3 heterocycles. The van der Waals surface area contributed by atoms with E-state index >= 15 is 0 Å². The first kappa shape index (κ1) is 13.6. The van der Waals surface area contributed by atoms with Crippen LogP contribution in [0.1, 0.15) is 11.1 Å². The highest BCUT2D eigenvalue weighted by molar-refractivity contribution is 5.93. The maximum absolute atomic E-state index is 4.54. The molecule has 4 rings (SSSR count). The van der Waals surface area contributed by atoms with Gasteiger partial charge in [-0.2, -0.15) is 5.10 Å². The van der Waals surface area contributed by atoms with Crippen molar-refractivity contribution in [2.75, 3.05) is 0 Å². The molecular weight excluding hydrogens is 284 g/mol. The van der Waals surface area contributed by atoms with E-state index in [-0.39, 0.29) is 0 Å². The molecule has 0 saturated carbocycles. The maximum Gasteiger partial charge on any atom is 0.158 e. The van der Waals surface area contributed by atoms with Crippen molar-refractivity contribution in [3.63, 3.8) is 0 Å². The van der Waals surface area contributed by atoms with E-state index in [1.807, 2.05) is 59.8 Å². The van der Waals surface area contributed by atoms with Crippen LogP contribution in [-0.2, 0) is 6.54 Å². The lowest BCUT2D eigenvalue weighted by Crippen LogP contribution is -2.02. The molecule has 0 aliphatic heterocycles. The van der Waals surface area contributed by atoms with Gasteiger partial charge < -0.3 is 0 Å². The molecule has 23 heavy (non-hydrogen) atoms. The zero-order valence-corrected chi connectivity index (χ0v) is 12.8. The van der Waals surface area contributed by atoms with Gasteiger partial charge in [0.2, 0.25) is 0 Å². The fraction of sp³-hybridized carbons (Fsp3) is 0.105. The molecule has 0 amide bonds. The summed E-state index contributed by atoms with van der Waals surface area (Å²) in [4.78, 5) is 8.79. The number of hydrogen-bond donors (Lipinski definition) is 0. The Kier molecular flexibility index (Phi) is 3.35. The van der Waals surface area contributed by atoms with Crippen LogP contribution in [0.5, 0.6) is 0 Å². The van der Waals surface area contributed by atoms with Crippen LogP contribution >= 0.6 is 0 Å². The lowest BCUT2D eigenvalue weighted by molar-refractivity contribution is 0.704. The third kappa shape index (κ3) is 2.48. The molecule has 0 aliphatic carbocycles. The van der Waals surface area contributed by atoms with E-state index in [0.717, 1.165) is 22.2 Å². The molecule has 4 nitrogen and oxygen atoms in total. The molecule has 3 aromatic heterocycles. The van der Waals surface area contributed by atoms with Gasteiger partial charge in [-0.15, -0.1) is 0 Å². The maximum atomic E-state index is 4.54. The van der Waals surface area contributed by atoms with Gasteiger partial charge in [-0.25, -0.2) is 9.67 Å². The second kappa shape index (κ2) is 5.65. The van der Waals surface area contributed by atoms with Gasteiger partial charge in [0.1, 0.15) is 0 Å². The summed E-state index contributed by atoms with van der Waals surface area (Å²) < 4.78 is 1.94. The average Bonchev–Trinajstić information content (AvgIpc) is 3.00. The summed E-state index contributed by atoms with van der Waals surface area (Å²) in [5.41, 5.74) is 5.55. The summed E-state index contributed by atoms with van der Waals surface area (Å²) in [5, 5.41) is 5.60. The molecule has 0 N–H and O–H groups in total. The van der Waals surface area contributed by atoms with Crippen molar-refractivity contribution < 1.29 is 0 Å². The smallest absolute Gasteiger partial charge is 0.158 e. The van der Waals surface area contributed by atoms with Crippen LogP contribution in [0.25, 0.3) is 22.2 Å². The first-order chi connectivity index (χ1) is 11.3. The summed E-state index contributed by atoms with van der Waals surface area (Å²) in [7, 11) is 0. The van der Waals surface area contributed by atoms with Crippen LogP contribution in [0.3, 0.4) is 0 Å². The third-order valence-corrected chi connectivity index (χ3v) is 4.04. The average molecular weight is 300 g/mol. The molecule has 0 bridgehead atoms. The van der Waals surface area contributed by atoms with Gasteiger partial charge in [-0.3, -0.25) is 4.98 Å². The van der Waals surface area contributed by atoms with Crippen LogP contribution in [0.15, 0.2) is 67.3 Å². The van der Waals surface area contributed by atoms with E-state index in [4.69, 9.17) is 0 Å². The van der Waals surface area contributed by atoms with Crippen LogP contribution in [0.2, 0.25) is 0 Å². The van der Waals surface area contributed by atoms with Crippen molar-refractivity contribution in [1.29, 1.82) is 0 Å². The van der Waals surface area contributed by atoms with Gasteiger partial charge in [-0.1, -0.05) is 30.3 Å². The van der Waals surface area contributed by atoms with Crippen LogP contribution in [0.4, 0.5) is 0 Å². The number of nitrogens with zero attached hydrogens (tertiary/aromatic N) is 4. The predicted octanol–water partition coefficient (Wildman–Crippen LogP) is 3.85. The fourth-order valence-corrected chi connectivity index (χ4v) is 2.83. The number of fused-ring (bicyclic) bond motifs is 1. The van der Waals surface area contributed by atoms with Crippen LogP contribution < -0.4 is 0 Å². The highest BCUT2D eigenvalue weighted by Crippen LogP contribution is 2.29. The van der Waals surface area contributed by atoms with Crippen molar-refractivity contribution >= 4 is 11.0 Å². The molecule has 0 saturated heterocycles. The Morgan fingerprint density at radius 2 is 1.78 bits per heavy atom. The van der Waals surface area contributed by atoms with Crippen LogP contribution in [-0.4, -0.2) is 19.7 Å². The quantitative estimate of drug-likeness (QED) is 0.577. The highest BCUT2D eigenvalue weighted by atomic mass is 15.3. The van der Waals surface area contributed by atoms with Crippen molar-refractivity contribution in [2.45, 2.75) is 13.5 Å². The molecule has 1 aromatic carbocycles. The third-order valence-electron chi connectivity index (χ3n) is 4.04. The van der Waals surface area contributed by atoms with E-state index in [9.17, 15) is 0 Å². The van der Waals surface area contributed by atoms with Crippen molar-refractivity contribution in [3.05, 3.63) is 78.4 Å². The number of hydrogen-bond acceptors (Lipinski definition) is 3. The van der Waals surface area contributed by atoms with Gasteiger partial charge in [0.05, 0.1) is 12.7 Å². The number of rotatable bonds is 3. The van der Waals surface area contributed by atoms with Crippen molar-refractivity contribution in [2.24, 2.45) is 0 Å². The summed E-state index contributed by atoms with van der Waals surface area (Å²) in [6, 6.07) is 14.4. The second-order valence-corrected chi connectivity index (χ2v) is 5.57. The Hall–Kier alpha value is -3.01. The highest BCUT2D eigenvalue weighted by Gasteiger charge is 2.11. The van der Waals surface area contributed by atoms with Crippen LogP contribution in [0, 0.1) is 6.92 Å². The van der Waals surface area contributed by atoms with Gasteiger partial charge in [0, 0.05) is 29.5 Å². The van der Waals surface area contributed by atoms with Gasteiger partial charge in [-0.05, 0) is 35.7 Å². The second-order valence-electron chi connectivity index (χ2n) is 5.57. The Labute approximate surface area is 134 Å². The van der Waals surface area contributed by atoms with E-state index in [1.165, 1.54) is 11.1 Å². The standard InChI is InChI=1S/C19H16N4/c1-14-7-9-20-11-17(14)16-8-10-21-19-18(16)12-22-23(19)13-15-5-3-2-4-6-15/h2-12H,13H2,1H3. The van der Waals surface area contributed by atoms with E-state index in [2.05, 4.69) is 34.1 Å². The molecule has 0 aliphatic rings. The monoisotopic (exact) mass is 300 g/mol. The Morgan fingerprint density at radius 3 is 2.61 bits per heavy atom. The molecule has 4 heteroatoms. The molecule has 0 atom stereocenters. The summed E-state index contributed by atoms with van der Waals surface area (Å²) >= 11 is 0. The minimum absolute atomic E-state index is 0.715. The molecule has 0 fully saturated rings. The predicted molar refractivity (Wildman–Crippen MR) is 91.0 cm³/mol. The van der Waals surface area contributed by atoms with Crippen molar-refractivity contribution in [1.82, 2.24) is 19.7 Å². The summed E-state index contributed by atoms with van der Waals surface area (Å²) in [5.74, 6) is 0. The van der Waals surface area contributed by atoms with Gasteiger partial charge >= 0.3 is 0 Å². The minimum Gasteiger partial charge on any atom is -0.264 e. The zero-order valence-electron chi connectivity index (χ0n) is 12.8. The molecular formula is C19H16N4. The Bertz CT molecular complexity index is 957. The first-order valence-corrected chi connectivity index (χ1v) is 7.58. The molecule has 112 valence electrons. The first-order valence-electron chi connectivity index (χ1n) is 7.58. The SMILES string of the molecule is Cc1ccncc1-c1ccnc2c1cnn2Cc1ccccc1. The fourth-order valence-electron chi connectivity index (χ4n) is 2.83. The topological polar surface area (TPSA) is 43.6 Å². The number of pyridine rings is 2. The molecule has 0 spiro atoms. The van der Waals surface area contributed by atoms with Gasteiger partial charge in [0.25, 0.3) is 0 Å². The van der Waals surface area contributed by atoms with E-state index < -0.39 is 0 Å². The number of aromatic nitrogens is 4. The normalized spacial score (nSPS) is 11.0. The zero-order chi connectivity index (χ0) is 15.6. The lowest BCUT2D eigenvalue weighted by atomic mass is 10.0. The molecule has 0 unspecified atom stereocenters. The Balaban J connectivity index is 1.83. The van der Waals surface area contributed by atoms with Crippen molar-refractivity contribution in [3.8, 4) is 11.1 Å². The number of aryl methyl sites for hydroxylation is 1. The summed E-state index contributed by atoms with van der Waals surface area (Å²) in [6.45, 7) is 2.81. The minimum atomic E-state index is 0.715. The molecule has 0 radical (unpaired) electrons. The molecule has 4 aromatic rings. The Morgan fingerprint density at radius 1 is 0.913 bits per heavy atom. The van der Waals surface area contributed by atoms with E-state index in [1.54, 1.807) is 0 Å².